The average molecular weight is 305 g/mol. The van der Waals surface area contributed by atoms with Crippen LogP contribution in [0.2, 0.25) is 5.02 Å². The quantitative estimate of drug-likeness (QED) is 0.855. The van der Waals surface area contributed by atoms with Crippen molar-refractivity contribution in [3.63, 3.8) is 0 Å². The third-order valence-corrected chi connectivity index (χ3v) is 3.98. The number of ketones is 1. The first-order valence-electron chi connectivity index (χ1n) is 6.55. The van der Waals surface area contributed by atoms with Crippen molar-refractivity contribution in [2.24, 2.45) is 12.8 Å². The molecule has 7 heteroatoms. The van der Waals surface area contributed by atoms with Gasteiger partial charge in [-0.25, -0.2) is 0 Å². The average Bonchev–Trinajstić information content (AvgIpc) is 2.76. The number of nitrogens with two attached hydrogens (primary N) is 1. The minimum atomic E-state index is -0.639. The zero-order valence-corrected chi connectivity index (χ0v) is 12.1. The molecule has 0 radical (unpaired) electrons. The molecule has 21 heavy (non-hydrogen) atoms. The standard InChI is InChI=1S/C14H13ClN4O2/c1-19-6-8(15)13(18-19)11-7(5-16)14(17)21-10-4-2-3-9(20)12(10)11/h6,11H,2-4,17H2,1H3/t11-/m0/s1. The van der Waals surface area contributed by atoms with Crippen LogP contribution in [0.3, 0.4) is 0 Å². The van der Waals surface area contributed by atoms with Crippen LogP contribution >= 0.6 is 11.6 Å². The Hall–Kier alpha value is -2.26. The predicted octanol–water partition coefficient (Wildman–Crippen LogP) is 1.89. The summed E-state index contributed by atoms with van der Waals surface area (Å²) in [5.41, 5.74) is 6.95. The van der Waals surface area contributed by atoms with Gasteiger partial charge >= 0.3 is 0 Å². The molecule has 0 saturated heterocycles. The van der Waals surface area contributed by atoms with E-state index in [-0.39, 0.29) is 17.2 Å². The van der Waals surface area contributed by atoms with Crippen molar-refractivity contribution in [2.45, 2.75) is 25.2 Å². The molecule has 1 aromatic heterocycles. The fourth-order valence-corrected chi connectivity index (χ4v) is 3.09. The Morgan fingerprint density at radius 2 is 2.33 bits per heavy atom. The number of Topliss-reactive ketones (excluding diaryl/α,β-unsaturated/α-hetero) is 1. The van der Waals surface area contributed by atoms with Gasteiger partial charge in [0, 0.05) is 31.7 Å². The molecule has 3 rings (SSSR count). The van der Waals surface area contributed by atoms with Gasteiger partial charge in [0.15, 0.2) is 5.78 Å². The number of carbonyl (C=O) groups excluding carboxylic acids is 1. The van der Waals surface area contributed by atoms with Gasteiger partial charge in [0.25, 0.3) is 0 Å². The summed E-state index contributed by atoms with van der Waals surface area (Å²) >= 11 is 6.20. The molecule has 1 atom stereocenters. The first-order chi connectivity index (χ1) is 10.0. The summed E-state index contributed by atoms with van der Waals surface area (Å²) in [6, 6.07) is 2.03. The minimum Gasteiger partial charge on any atom is -0.444 e. The number of nitriles is 1. The van der Waals surface area contributed by atoms with Crippen molar-refractivity contribution in [3.8, 4) is 6.07 Å². The SMILES string of the molecule is Cn1cc(Cl)c([C@H]2C(C#N)=C(N)OC3=C2C(=O)CCC3)n1. The summed E-state index contributed by atoms with van der Waals surface area (Å²) in [4.78, 5) is 12.3. The highest BCUT2D eigenvalue weighted by Gasteiger charge is 2.40. The first-order valence-corrected chi connectivity index (χ1v) is 6.93. The van der Waals surface area contributed by atoms with Crippen LogP contribution in [0, 0.1) is 11.3 Å². The van der Waals surface area contributed by atoms with Crippen LogP contribution in [0.4, 0.5) is 0 Å². The number of hydrogen-bond donors (Lipinski definition) is 1. The molecule has 0 saturated carbocycles. The fraction of sp³-hybridized carbons (Fsp3) is 0.357. The van der Waals surface area contributed by atoms with E-state index < -0.39 is 5.92 Å². The minimum absolute atomic E-state index is 0.0256. The maximum absolute atomic E-state index is 12.3. The summed E-state index contributed by atoms with van der Waals surface area (Å²) in [5.74, 6) is -0.115. The number of halogens is 1. The van der Waals surface area contributed by atoms with E-state index >= 15 is 0 Å². The largest absolute Gasteiger partial charge is 0.444 e. The highest BCUT2D eigenvalue weighted by molar-refractivity contribution is 6.31. The molecule has 2 aliphatic rings. The van der Waals surface area contributed by atoms with Gasteiger partial charge in [-0.05, 0) is 6.42 Å². The topological polar surface area (TPSA) is 93.9 Å². The maximum Gasteiger partial charge on any atom is 0.205 e. The smallest absolute Gasteiger partial charge is 0.205 e. The second kappa shape index (κ2) is 4.93. The molecule has 6 nitrogen and oxygen atoms in total. The summed E-state index contributed by atoms with van der Waals surface area (Å²) in [6.07, 6.45) is 3.41. The van der Waals surface area contributed by atoms with Crippen molar-refractivity contribution in [1.82, 2.24) is 9.78 Å². The lowest BCUT2D eigenvalue weighted by Crippen LogP contribution is -2.27. The molecule has 108 valence electrons. The molecule has 0 fully saturated rings. The third kappa shape index (κ3) is 2.10. The number of allylic oxidation sites excluding steroid dienone is 3. The number of ether oxygens (including phenoxy) is 1. The van der Waals surface area contributed by atoms with Crippen LogP contribution in [0.5, 0.6) is 0 Å². The van der Waals surface area contributed by atoms with E-state index in [1.165, 1.54) is 0 Å². The van der Waals surface area contributed by atoms with Crippen molar-refractivity contribution >= 4 is 17.4 Å². The number of carbonyl (C=O) groups is 1. The molecule has 2 N–H and O–H groups in total. The monoisotopic (exact) mass is 304 g/mol. The van der Waals surface area contributed by atoms with E-state index in [1.54, 1.807) is 17.9 Å². The zero-order valence-electron chi connectivity index (χ0n) is 11.4. The molecule has 0 bridgehead atoms. The van der Waals surface area contributed by atoms with E-state index in [2.05, 4.69) is 5.10 Å². The molecule has 0 spiro atoms. The fourth-order valence-electron chi connectivity index (χ4n) is 2.80. The highest BCUT2D eigenvalue weighted by atomic mass is 35.5. The Kier molecular flexibility index (Phi) is 3.22. The Morgan fingerprint density at radius 3 is 2.95 bits per heavy atom. The van der Waals surface area contributed by atoms with E-state index in [0.29, 0.717) is 34.9 Å². The Bertz CT molecular complexity index is 739. The lowest BCUT2D eigenvalue weighted by molar-refractivity contribution is -0.116. The van der Waals surface area contributed by atoms with Crippen LogP contribution in [-0.4, -0.2) is 15.6 Å². The van der Waals surface area contributed by atoms with Gasteiger partial charge in [-0.1, -0.05) is 11.6 Å². The second-order valence-corrected chi connectivity index (χ2v) is 5.48. The van der Waals surface area contributed by atoms with Gasteiger partial charge in [0.2, 0.25) is 5.88 Å². The second-order valence-electron chi connectivity index (χ2n) is 5.07. The molecule has 1 aromatic rings. The van der Waals surface area contributed by atoms with Gasteiger partial charge in [-0.3, -0.25) is 9.48 Å². The van der Waals surface area contributed by atoms with Crippen LogP contribution in [-0.2, 0) is 16.6 Å². The van der Waals surface area contributed by atoms with Gasteiger partial charge in [-0.15, -0.1) is 0 Å². The van der Waals surface area contributed by atoms with Gasteiger partial charge in [-0.2, -0.15) is 10.4 Å². The van der Waals surface area contributed by atoms with Gasteiger partial charge < -0.3 is 10.5 Å². The molecule has 2 heterocycles. The van der Waals surface area contributed by atoms with Crippen molar-refractivity contribution in [3.05, 3.63) is 39.7 Å². The highest BCUT2D eigenvalue weighted by Crippen LogP contribution is 2.44. The number of aromatic nitrogens is 2. The normalized spacial score (nSPS) is 22.0. The van der Waals surface area contributed by atoms with Crippen LogP contribution < -0.4 is 5.73 Å². The summed E-state index contributed by atoms with van der Waals surface area (Å²) in [6.45, 7) is 0. The zero-order chi connectivity index (χ0) is 15.1. The van der Waals surface area contributed by atoms with Crippen LogP contribution in [0.1, 0.15) is 30.9 Å². The molecule has 0 amide bonds. The molecule has 1 aliphatic carbocycles. The number of nitrogens with zero attached hydrogens (tertiary/aromatic N) is 3. The Balaban J connectivity index is 2.22. The number of hydrogen-bond acceptors (Lipinski definition) is 5. The van der Waals surface area contributed by atoms with Crippen LogP contribution in [0.15, 0.2) is 29.0 Å². The van der Waals surface area contributed by atoms with Gasteiger partial charge in [0.05, 0.1) is 16.6 Å². The molecular weight excluding hydrogens is 292 g/mol. The van der Waals surface area contributed by atoms with Crippen molar-refractivity contribution in [2.75, 3.05) is 0 Å². The lowest BCUT2D eigenvalue weighted by atomic mass is 9.80. The molecule has 0 aromatic carbocycles. The summed E-state index contributed by atoms with van der Waals surface area (Å²) < 4.78 is 7.03. The number of rotatable bonds is 1. The number of aryl methyl sites for hydroxylation is 1. The summed E-state index contributed by atoms with van der Waals surface area (Å²) in [7, 11) is 1.73. The molecular formula is C14H13ClN4O2. The third-order valence-electron chi connectivity index (χ3n) is 3.69. The van der Waals surface area contributed by atoms with Crippen molar-refractivity contribution in [1.29, 1.82) is 5.26 Å². The van der Waals surface area contributed by atoms with E-state index in [4.69, 9.17) is 22.1 Å². The van der Waals surface area contributed by atoms with E-state index in [0.717, 1.165) is 6.42 Å². The maximum atomic E-state index is 12.3. The lowest BCUT2D eigenvalue weighted by Gasteiger charge is -2.29. The molecule has 0 unspecified atom stereocenters. The first kappa shape index (κ1) is 13.7. The van der Waals surface area contributed by atoms with Crippen LogP contribution in [0.25, 0.3) is 0 Å². The molecule has 1 aliphatic heterocycles. The summed E-state index contributed by atoms with van der Waals surface area (Å²) in [5, 5.41) is 14.1. The van der Waals surface area contributed by atoms with Gasteiger partial charge in [0.1, 0.15) is 17.4 Å². The Morgan fingerprint density at radius 1 is 1.57 bits per heavy atom. The van der Waals surface area contributed by atoms with Crippen molar-refractivity contribution < 1.29 is 9.53 Å². The van der Waals surface area contributed by atoms with E-state index in [1.807, 2.05) is 6.07 Å². The Labute approximate surface area is 126 Å². The van der Waals surface area contributed by atoms with E-state index in [9.17, 15) is 10.1 Å². The predicted molar refractivity (Wildman–Crippen MR) is 74.8 cm³/mol.